The molecule has 0 radical (unpaired) electrons. The van der Waals surface area contributed by atoms with Gasteiger partial charge in [-0.15, -0.1) is 11.3 Å². The van der Waals surface area contributed by atoms with Crippen LogP contribution in [-0.4, -0.2) is 6.54 Å². The number of halogens is 1. The number of nitrogens with one attached hydrogen (secondary N) is 1. The predicted octanol–water partition coefficient (Wildman–Crippen LogP) is 3.77. The fourth-order valence-electron chi connectivity index (χ4n) is 1.47. The zero-order valence-electron chi connectivity index (χ0n) is 8.01. The summed E-state index contributed by atoms with van der Waals surface area (Å²) in [5.74, 6) is 0. The van der Waals surface area contributed by atoms with Gasteiger partial charge in [-0.05, 0) is 44.9 Å². The van der Waals surface area contributed by atoms with E-state index in [1.165, 1.54) is 20.1 Å². The topological polar surface area (TPSA) is 12.0 Å². The van der Waals surface area contributed by atoms with Crippen molar-refractivity contribution in [1.29, 1.82) is 0 Å². The SMILES string of the molecule is CCNCc1csc2c(Br)cccc12. The van der Waals surface area contributed by atoms with Gasteiger partial charge >= 0.3 is 0 Å². The summed E-state index contributed by atoms with van der Waals surface area (Å²) >= 11 is 5.37. The van der Waals surface area contributed by atoms with Crippen LogP contribution in [0.1, 0.15) is 12.5 Å². The van der Waals surface area contributed by atoms with Gasteiger partial charge in [0.25, 0.3) is 0 Å². The van der Waals surface area contributed by atoms with Crippen LogP contribution in [0.5, 0.6) is 0 Å². The van der Waals surface area contributed by atoms with Crippen LogP contribution in [0.4, 0.5) is 0 Å². The van der Waals surface area contributed by atoms with Crippen molar-refractivity contribution in [1.82, 2.24) is 5.32 Å². The summed E-state index contributed by atoms with van der Waals surface area (Å²) in [5, 5.41) is 6.95. The van der Waals surface area contributed by atoms with Gasteiger partial charge in [0, 0.05) is 15.7 Å². The van der Waals surface area contributed by atoms with E-state index in [2.05, 4.69) is 51.7 Å². The van der Waals surface area contributed by atoms with E-state index >= 15 is 0 Å². The van der Waals surface area contributed by atoms with E-state index in [1.807, 2.05) is 0 Å². The molecule has 0 aliphatic heterocycles. The Hall–Kier alpha value is -0.380. The summed E-state index contributed by atoms with van der Waals surface area (Å²) in [6, 6.07) is 6.37. The lowest BCUT2D eigenvalue weighted by Crippen LogP contribution is -2.11. The fourth-order valence-corrected chi connectivity index (χ4v) is 3.10. The Labute approximate surface area is 96.3 Å². The molecule has 1 heterocycles. The van der Waals surface area contributed by atoms with Crippen molar-refractivity contribution in [3.63, 3.8) is 0 Å². The molecular weight excluding hydrogens is 258 g/mol. The van der Waals surface area contributed by atoms with E-state index in [9.17, 15) is 0 Å². The quantitative estimate of drug-likeness (QED) is 0.895. The van der Waals surface area contributed by atoms with Crippen LogP contribution in [0.2, 0.25) is 0 Å². The van der Waals surface area contributed by atoms with Crippen LogP contribution in [0.15, 0.2) is 28.1 Å². The van der Waals surface area contributed by atoms with Crippen LogP contribution in [0, 0.1) is 0 Å². The van der Waals surface area contributed by atoms with E-state index in [0.717, 1.165) is 13.1 Å². The van der Waals surface area contributed by atoms with E-state index in [4.69, 9.17) is 0 Å². The van der Waals surface area contributed by atoms with Crippen LogP contribution >= 0.6 is 27.3 Å². The Morgan fingerprint density at radius 3 is 3.07 bits per heavy atom. The molecule has 1 nitrogen and oxygen atoms in total. The van der Waals surface area contributed by atoms with Crippen molar-refractivity contribution in [2.45, 2.75) is 13.5 Å². The summed E-state index contributed by atoms with van der Waals surface area (Å²) < 4.78 is 2.54. The van der Waals surface area contributed by atoms with Gasteiger partial charge in [0.05, 0.1) is 0 Å². The van der Waals surface area contributed by atoms with Gasteiger partial charge in [-0.1, -0.05) is 19.1 Å². The van der Waals surface area contributed by atoms with Crippen molar-refractivity contribution < 1.29 is 0 Å². The van der Waals surface area contributed by atoms with Gasteiger partial charge in [0.15, 0.2) is 0 Å². The second-order valence-corrected chi connectivity index (χ2v) is 4.89. The maximum Gasteiger partial charge on any atom is 0.0488 e. The molecule has 1 aromatic carbocycles. The van der Waals surface area contributed by atoms with E-state index < -0.39 is 0 Å². The number of rotatable bonds is 3. The van der Waals surface area contributed by atoms with E-state index in [1.54, 1.807) is 11.3 Å². The number of benzene rings is 1. The minimum Gasteiger partial charge on any atom is -0.313 e. The van der Waals surface area contributed by atoms with Crippen molar-refractivity contribution >= 4 is 37.4 Å². The Morgan fingerprint density at radius 1 is 1.43 bits per heavy atom. The zero-order valence-corrected chi connectivity index (χ0v) is 10.4. The molecule has 0 saturated heterocycles. The molecule has 3 heteroatoms. The molecule has 0 aliphatic rings. The minimum absolute atomic E-state index is 0.965. The molecule has 0 unspecified atom stereocenters. The number of hydrogen-bond acceptors (Lipinski definition) is 2. The maximum atomic E-state index is 3.57. The van der Waals surface area contributed by atoms with Crippen molar-refractivity contribution in [3.8, 4) is 0 Å². The normalized spacial score (nSPS) is 11.0. The first kappa shape index (κ1) is 10.1. The summed E-state index contributed by atoms with van der Waals surface area (Å²) in [6.07, 6.45) is 0. The first-order valence-electron chi connectivity index (χ1n) is 4.68. The molecule has 0 atom stereocenters. The standard InChI is InChI=1S/C11H12BrNS/c1-2-13-6-8-7-14-11-9(8)4-3-5-10(11)12/h3-5,7,13H,2,6H2,1H3. The monoisotopic (exact) mass is 269 g/mol. The summed E-state index contributed by atoms with van der Waals surface area (Å²) in [4.78, 5) is 0. The number of hydrogen-bond donors (Lipinski definition) is 1. The van der Waals surface area contributed by atoms with Gasteiger partial charge in [-0.2, -0.15) is 0 Å². The average Bonchev–Trinajstić information content (AvgIpc) is 2.60. The Kier molecular flexibility index (Phi) is 3.21. The zero-order chi connectivity index (χ0) is 9.97. The predicted molar refractivity (Wildman–Crippen MR) is 66.9 cm³/mol. The second-order valence-electron chi connectivity index (χ2n) is 3.16. The van der Waals surface area contributed by atoms with Crippen molar-refractivity contribution in [2.75, 3.05) is 6.54 Å². The highest BCUT2D eigenvalue weighted by Crippen LogP contribution is 2.31. The van der Waals surface area contributed by atoms with Crippen LogP contribution < -0.4 is 5.32 Å². The van der Waals surface area contributed by atoms with Crippen LogP contribution in [-0.2, 0) is 6.54 Å². The highest BCUT2D eigenvalue weighted by molar-refractivity contribution is 9.10. The third kappa shape index (κ3) is 1.85. The molecule has 0 fully saturated rings. The maximum absolute atomic E-state index is 3.57. The lowest BCUT2D eigenvalue weighted by Gasteiger charge is -2.00. The minimum atomic E-state index is 0.965. The lowest BCUT2D eigenvalue weighted by atomic mass is 10.2. The highest BCUT2D eigenvalue weighted by atomic mass is 79.9. The molecule has 0 saturated carbocycles. The van der Waals surface area contributed by atoms with Gasteiger partial charge < -0.3 is 5.32 Å². The van der Waals surface area contributed by atoms with E-state index in [0.29, 0.717) is 0 Å². The molecular formula is C11H12BrNS. The van der Waals surface area contributed by atoms with Gasteiger partial charge in [-0.25, -0.2) is 0 Å². The smallest absolute Gasteiger partial charge is 0.0488 e. The Balaban J connectivity index is 2.42. The molecule has 0 spiro atoms. The molecule has 1 N–H and O–H groups in total. The molecule has 0 bridgehead atoms. The molecule has 0 aliphatic carbocycles. The molecule has 2 aromatic rings. The van der Waals surface area contributed by atoms with Crippen LogP contribution in [0.3, 0.4) is 0 Å². The fraction of sp³-hybridized carbons (Fsp3) is 0.273. The number of thiophene rings is 1. The number of fused-ring (bicyclic) bond motifs is 1. The van der Waals surface area contributed by atoms with Gasteiger partial charge in [0.1, 0.15) is 0 Å². The molecule has 2 rings (SSSR count). The van der Waals surface area contributed by atoms with E-state index in [-0.39, 0.29) is 0 Å². The molecule has 0 amide bonds. The average molecular weight is 270 g/mol. The highest BCUT2D eigenvalue weighted by Gasteiger charge is 2.05. The van der Waals surface area contributed by atoms with Gasteiger partial charge in [-0.3, -0.25) is 0 Å². The van der Waals surface area contributed by atoms with Crippen molar-refractivity contribution in [3.05, 3.63) is 33.6 Å². The summed E-state index contributed by atoms with van der Waals surface area (Å²) in [6.45, 7) is 4.11. The van der Waals surface area contributed by atoms with Crippen molar-refractivity contribution in [2.24, 2.45) is 0 Å². The second kappa shape index (κ2) is 4.43. The van der Waals surface area contributed by atoms with Gasteiger partial charge in [0.2, 0.25) is 0 Å². The molecule has 1 aromatic heterocycles. The summed E-state index contributed by atoms with van der Waals surface area (Å²) in [5.41, 5.74) is 1.40. The third-order valence-electron chi connectivity index (χ3n) is 2.20. The first-order valence-corrected chi connectivity index (χ1v) is 6.35. The Morgan fingerprint density at radius 2 is 2.29 bits per heavy atom. The van der Waals surface area contributed by atoms with Crippen LogP contribution in [0.25, 0.3) is 10.1 Å². The first-order chi connectivity index (χ1) is 6.83. The lowest BCUT2D eigenvalue weighted by molar-refractivity contribution is 0.732. The molecule has 14 heavy (non-hydrogen) atoms. The largest absolute Gasteiger partial charge is 0.313 e. The Bertz CT molecular complexity index is 436. The molecule has 74 valence electrons. The third-order valence-corrected chi connectivity index (χ3v) is 4.20. The summed E-state index contributed by atoms with van der Waals surface area (Å²) in [7, 11) is 0.